The average Bonchev–Trinajstić information content (AvgIpc) is 2.75. The lowest BCUT2D eigenvalue weighted by Gasteiger charge is -2.35. The third kappa shape index (κ3) is 4.00. The summed E-state index contributed by atoms with van der Waals surface area (Å²) in [6.07, 6.45) is 4.00. The van der Waals surface area contributed by atoms with Crippen LogP contribution in [0.3, 0.4) is 0 Å². The molecule has 1 atom stereocenters. The lowest BCUT2D eigenvalue weighted by molar-refractivity contribution is 0.290. The van der Waals surface area contributed by atoms with Gasteiger partial charge in [0.05, 0.1) is 0 Å². The van der Waals surface area contributed by atoms with Crippen molar-refractivity contribution in [3.05, 3.63) is 18.0 Å². The molecule has 1 aliphatic rings. The Morgan fingerprint density at radius 3 is 2.95 bits per heavy atom. The van der Waals surface area contributed by atoms with Crippen molar-refractivity contribution >= 4 is 16.9 Å². The molecule has 19 heavy (non-hydrogen) atoms. The minimum Gasteiger partial charge on any atom is -0.362 e. The molecule has 1 N–H and O–H groups in total. The van der Waals surface area contributed by atoms with Crippen LogP contribution in [0.25, 0.3) is 0 Å². The number of rotatable bonds is 3. The molecule has 1 aliphatic heterocycles. The van der Waals surface area contributed by atoms with Crippen molar-refractivity contribution in [2.75, 3.05) is 12.3 Å². The molecule has 5 heteroatoms. The van der Waals surface area contributed by atoms with Gasteiger partial charge < -0.3 is 5.32 Å². The minimum absolute atomic E-state index is 0.295. The van der Waals surface area contributed by atoms with Crippen LogP contribution in [-0.2, 0) is 13.5 Å². The first-order valence-electron chi connectivity index (χ1n) is 6.87. The molecular weight excluding hydrogens is 256 g/mol. The Morgan fingerprint density at radius 1 is 1.53 bits per heavy atom. The average molecular weight is 280 g/mol. The van der Waals surface area contributed by atoms with Crippen LogP contribution in [0.4, 0.5) is 0 Å². The van der Waals surface area contributed by atoms with Crippen molar-refractivity contribution in [1.82, 2.24) is 15.1 Å². The number of aliphatic imine (C=N–C) groups is 1. The van der Waals surface area contributed by atoms with E-state index in [1.165, 1.54) is 17.9 Å². The second kappa shape index (κ2) is 5.99. The van der Waals surface area contributed by atoms with Gasteiger partial charge in [0.25, 0.3) is 0 Å². The summed E-state index contributed by atoms with van der Waals surface area (Å²) in [6.45, 7) is 7.68. The molecule has 1 unspecified atom stereocenters. The van der Waals surface area contributed by atoms with E-state index in [4.69, 9.17) is 4.99 Å². The second-order valence-corrected chi connectivity index (χ2v) is 7.17. The zero-order valence-electron chi connectivity index (χ0n) is 12.3. The fourth-order valence-corrected chi connectivity index (χ4v) is 3.15. The third-order valence-electron chi connectivity index (χ3n) is 3.53. The van der Waals surface area contributed by atoms with Crippen LogP contribution in [0, 0.1) is 5.41 Å². The summed E-state index contributed by atoms with van der Waals surface area (Å²) < 4.78 is 1.92. The molecule has 0 radical (unpaired) electrons. The van der Waals surface area contributed by atoms with E-state index < -0.39 is 0 Å². The predicted octanol–water partition coefficient (Wildman–Crippen LogP) is 2.46. The van der Waals surface area contributed by atoms with Crippen molar-refractivity contribution in [3.8, 4) is 0 Å². The molecule has 1 fully saturated rings. The number of amidine groups is 1. The first-order chi connectivity index (χ1) is 8.97. The smallest absolute Gasteiger partial charge is 0.156 e. The van der Waals surface area contributed by atoms with Crippen molar-refractivity contribution < 1.29 is 0 Å². The predicted molar refractivity (Wildman–Crippen MR) is 82.7 cm³/mol. The van der Waals surface area contributed by atoms with Crippen LogP contribution in [0.1, 0.15) is 32.9 Å². The van der Waals surface area contributed by atoms with Crippen molar-refractivity contribution in [1.29, 1.82) is 0 Å². The van der Waals surface area contributed by atoms with Crippen molar-refractivity contribution in [2.24, 2.45) is 17.5 Å². The van der Waals surface area contributed by atoms with Gasteiger partial charge in [-0.25, -0.2) is 0 Å². The van der Waals surface area contributed by atoms with E-state index in [9.17, 15) is 0 Å². The Morgan fingerprint density at radius 2 is 2.32 bits per heavy atom. The van der Waals surface area contributed by atoms with Gasteiger partial charge in [0.1, 0.15) is 0 Å². The van der Waals surface area contributed by atoms with Gasteiger partial charge in [-0.1, -0.05) is 32.5 Å². The van der Waals surface area contributed by atoms with Gasteiger partial charge in [-0.2, -0.15) is 5.10 Å². The molecule has 2 heterocycles. The molecule has 2 rings (SSSR count). The van der Waals surface area contributed by atoms with Gasteiger partial charge in [-0.15, -0.1) is 0 Å². The van der Waals surface area contributed by atoms with Gasteiger partial charge in [0.15, 0.2) is 5.17 Å². The lowest BCUT2D eigenvalue weighted by atomic mass is 9.85. The fourth-order valence-electron chi connectivity index (χ4n) is 2.20. The summed E-state index contributed by atoms with van der Waals surface area (Å²) >= 11 is 1.84. The SMILES string of the molecule is Cn1nccc1CCN=C1NC(C(C)(C)C)CCS1. The highest BCUT2D eigenvalue weighted by molar-refractivity contribution is 8.13. The minimum atomic E-state index is 0.295. The van der Waals surface area contributed by atoms with E-state index >= 15 is 0 Å². The van der Waals surface area contributed by atoms with Crippen molar-refractivity contribution in [2.45, 2.75) is 39.7 Å². The van der Waals surface area contributed by atoms with E-state index in [1.807, 2.05) is 29.7 Å². The number of hydrogen-bond acceptors (Lipinski definition) is 3. The summed E-state index contributed by atoms with van der Waals surface area (Å²) in [5, 5.41) is 8.86. The maximum absolute atomic E-state index is 4.69. The number of nitrogens with zero attached hydrogens (tertiary/aromatic N) is 3. The van der Waals surface area contributed by atoms with Crippen LogP contribution in [0.15, 0.2) is 17.3 Å². The monoisotopic (exact) mass is 280 g/mol. The fraction of sp³-hybridized carbons (Fsp3) is 0.714. The zero-order valence-corrected chi connectivity index (χ0v) is 13.1. The Hall–Kier alpha value is -0.970. The van der Waals surface area contributed by atoms with E-state index in [-0.39, 0.29) is 0 Å². The van der Waals surface area contributed by atoms with Gasteiger partial charge in [0, 0.05) is 43.7 Å². The summed E-state index contributed by atoms with van der Waals surface area (Å²) in [5.74, 6) is 1.17. The zero-order chi connectivity index (χ0) is 13.9. The first kappa shape index (κ1) is 14.4. The standard InChI is InChI=1S/C14H24N4S/c1-14(2,3)12-7-10-19-13(17-12)15-8-5-11-6-9-16-18(11)4/h6,9,12H,5,7-8,10H2,1-4H3,(H,15,17). The van der Waals surface area contributed by atoms with Gasteiger partial charge in [0.2, 0.25) is 0 Å². The van der Waals surface area contributed by atoms with Crippen LogP contribution in [-0.4, -0.2) is 33.3 Å². The molecule has 0 saturated carbocycles. The number of nitrogens with one attached hydrogen (secondary N) is 1. The highest BCUT2D eigenvalue weighted by Crippen LogP contribution is 2.27. The summed E-state index contributed by atoms with van der Waals surface area (Å²) in [7, 11) is 1.98. The van der Waals surface area contributed by atoms with Crippen LogP contribution >= 0.6 is 11.8 Å². The number of hydrogen-bond donors (Lipinski definition) is 1. The van der Waals surface area contributed by atoms with Crippen LogP contribution < -0.4 is 5.32 Å². The molecule has 0 amide bonds. The highest BCUT2D eigenvalue weighted by Gasteiger charge is 2.28. The molecule has 1 saturated heterocycles. The van der Waals surface area contributed by atoms with Gasteiger partial charge in [-0.05, 0) is 17.9 Å². The van der Waals surface area contributed by atoms with Gasteiger partial charge in [-0.3, -0.25) is 9.67 Å². The molecular formula is C14H24N4S. The molecule has 0 spiro atoms. The maximum Gasteiger partial charge on any atom is 0.156 e. The van der Waals surface area contributed by atoms with E-state index in [1.54, 1.807) is 0 Å². The van der Waals surface area contributed by atoms with E-state index in [0.29, 0.717) is 11.5 Å². The normalized spacial score (nSPS) is 22.5. The Balaban J connectivity index is 1.87. The van der Waals surface area contributed by atoms with Crippen LogP contribution in [0.5, 0.6) is 0 Å². The molecule has 106 valence electrons. The molecule has 4 nitrogen and oxygen atoms in total. The van der Waals surface area contributed by atoms with E-state index in [0.717, 1.165) is 18.1 Å². The second-order valence-electron chi connectivity index (χ2n) is 6.08. The molecule has 0 aromatic carbocycles. The molecule has 0 bridgehead atoms. The summed E-state index contributed by atoms with van der Waals surface area (Å²) in [6, 6.07) is 2.59. The third-order valence-corrected chi connectivity index (χ3v) is 4.49. The van der Waals surface area contributed by atoms with E-state index in [2.05, 4.69) is 37.3 Å². The first-order valence-corrected chi connectivity index (χ1v) is 7.86. The Labute approximate surface area is 120 Å². The van der Waals surface area contributed by atoms with Gasteiger partial charge >= 0.3 is 0 Å². The summed E-state index contributed by atoms with van der Waals surface area (Å²) in [5.41, 5.74) is 1.53. The van der Waals surface area contributed by atoms with Crippen molar-refractivity contribution in [3.63, 3.8) is 0 Å². The number of aromatic nitrogens is 2. The lowest BCUT2D eigenvalue weighted by Crippen LogP contribution is -2.46. The quantitative estimate of drug-likeness (QED) is 0.925. The number of thioether (sulfide) groups is 1. The highest BCUT2D eigenvalue weighted by atomic mass is 32.2. The largest absolute Gasteiger partial charge is 0.362 e. The summed E-state index contributed by atoms with van der Waals surface area (Å²) in [4.78, 5) is 4.69. The molecule has 0 aliphatic carbocycles. The Bertz CT molecular complexity index is 445. The maximum atomic E-state index is 4.69. The molecule has 1 aromatic rings. The topological polar surface area (TPSA) is 42.2 Å². The van der Waals surface area contributed by atoms with Crippen LogP contribution in [0.2, 0.25) is 0 Å². The number of aryl methyl sites for hydroxylation is 1. The Kier molecular flexibility index (Phi) is 4.55. The molecule has 1 aromatic heterocycles.